The van der Waals surface area contributed by atoms with Crippen molar-refractivity contribution in [1.29, 1.82) is 0 Å². The molecule has 1 fully saturated rings. The Balaban J connectivity index is 2.10. The van der Waals surface area contributed by atoms with Crippen LogP contribution in [0.4, 0.5) is 11.6 Å². The van der Waals surface area contributed by atoms with E-state index in [9.17, 15) is 0 Å². The molecule has 1 heterocycles. The third-order valence-electron chi connectivity index (χ3n) is 4.02. The maximum absolute atomic E-state index is 4.41. The molecule has 2 rings (SSSR count). The molecule has 1 aromatic rings. The van der Waals surface area contributed by atoms with E-state index in [4.69, 9.17) is 0 Å². The lowest BCUT2D eigenvalue weighted by Crippen LogP contribution is -2.17. The van der Waals surface area contributed by atoms with E-state index < -0.39 is 0 Å². The van der Waals surface area contributed by atoms with Crippen LogP contribution in [0, 0.1) is 5.41 Å². The maximum Gasteiger partial charge on any atom is 0.134 e. The van der Waals surface area contributed by atoms with Gasteiger partial charge < -0.3 is 10.6 Å². The number of hydrogen-bond donors (Lipinski definition) is 2. The first kappa shape index (κ1) is 13.1. The SMILES string of the molecule is CCCc1c(NC)ncnc1NCC1(CC)CC1. The zero-order chi connectivity index (χ0) is 13.0. The highest BCUT2D eigenvalue weighted by atomic mass is 15.1. The molecule has 0 aliphatic heterocycles. The standard InChI is InChI=1S/C14H24N4/c1-4-6-11-12(15-3)17-10-18-13(11)16-9-14(5-2)7-8-14/h10H,4-9H2,1-3H3,(H2,15,16,17,18). The summed E-state index contributed by atoms with van der Waals surface area (Å²) in [5.41, 5.74) is 1.75. The third-order valence-corrected chi connectivity index (χ3v) is 4.02. The van der Waals surface area contributed by atoms with E-state index >= 15 is 0 Å². The molecule has 4 heteroatoms. The first-order chi connectivity index (χ1) is 8.74. The van der Waals surface area contributed by atoms with Crippen LogP contribution < -0.4 is 10.6 Å². The van der Waals surface area contributed by atoms with Gasteiger partial charge in [0.05, 0.1) is 0 Å². The highest BCUT2D eigenvalue weighted by Gasteiger charge is 2.40. The maximum atomic E-state index is 4.41. The highest BCUT2D eigenvalue weighted by Crippen LogP contribution is 2.48. The molecule has 0 unspecified atom stereocenters. The summed E-state index contributed by atoms with van der Waals surface area (Å²) in [7, 11) is 1.92. The van der Waals surface area contributed by atoms with Gasteiger partial charge in [0.1, 0.15) is 18.0 Å². The molecule has 0 saturated heterocycles. The lowest BCUT2D eigenvalue weighted by molar-refractivity contribution is 0.520. The van der Waals surface area contributed by atoms with Gasteiger partial charge in [-0.2, -0.15) is 0 Å². The minimum atomic E-state index is 0.536. The lowest BCUT2D eigenvalue weighted by atomic mass is 10.0. The van der Waals surface area contributed by atoms with Gasteiger partial charge in [-0.1, -0.05) is 20.3 Å². The Hall–Kier alpha value is -1.32. The molecule has 0 amide bonds. The minimum Gasteiger partial charge on any atom is -0.373 e. The van der Waals surface area contributed by atoms with Gasteiger partial charge >= 0.3 is 0 Å². The summed E-state index contributed by atoms with van der Waals surface area (Å²) < 4.78 is 0. The molecule has 0 bridgehead atoms. The molecule has 1 aliphatic rings. The Kier molecular flexibility index (Phi) is 4.04. The van der Waals surface area contributed by atoms with Crippen molar-refractivity contribution in [3.63, 3.8) is 0 Å². The number of anilines is 2. The second-order valence-corrected chi connectivity index (χ2v) is 5.26. The summed E-state index contributed by atoms with van der Waals surface area (Å²) in [6.07, 6.45) is 7.72. The van der Waals surface area contributed by atoms with Gasteiger partial charge in [0.25, 0.3) is 0 Å². The quantitative estimate of drug-likeness (QED) is 0.778. The van der Waals surface area contributed by atoms with E-state index in [1.807, 2.05) is 7.05 Å². The Bertz CT molecular complexity index is 399. The Morgan fingerprint density at radius 2 is 1.94 bits per heavy atom. The first-order valence-corrected chi connectivity index (χ1v) is 7.00. The van der Waals surface area contributed by atoms with Crippen molar-refractivity contribution >= 4 is 11.6 Å². The van der Waals surface area contributed by atoms with Gasteiger partial charge in [0, 0.05) is 19.2 Å². The number of aromatic nitrogens is 2. The van der Waals surface area contributed by atoms with E-state index in [0.29, 0.717) is 5.41 Å². The molecule has 0 radical (unpaired) electrons. The number of hydrogen-bond acceptors (Lipinski definition) is 4. The van der Waals surface area contributed by atoms with E-state index in [0.717, 1.165) is 31.0 Å². The topological polar surface area (TPSA) is 49.8 Å². The molecule has 1 aromatic heterocycles. The molecule has 1 aliphatic carbocycles. The Morgan fingerprint density at radius 3 is 2.50 bits per heavy atom. The second-order valence-electron chi connectivity index (χ2n) is 5.26. The van der Waals surface area contributed by atoms with Crippen LogP contribution in [0.25, 0.3) is 0 Å². The van der Waals surface area contributed by atoms with Crippen molar-refractivity contribution in [2.75, 3.05) is 24.2 Å². The molecule has 0 atom stereocenters. The van der Waals surface area contributed by atoms with Gasteiger partial charge in [-0.15, -0.1) is 0 Å². The molecule has 0 aromatic carbocycles. The van der Waals surface area contributed by atoms with Crippen molar-refractivity contribution in [3.05, 3.63) is 11.9 Å². The molecular weight excluding hydrogens is 224 g/mol. The largest absolute Gasteiger partial charge is 0.373 e. The predicted molar refractivity (Wildman–Crippen MR) is 76.0 cm³/mol. The van der Waals surface area contributed by atoms with Crippen molar-refractivity contribution < 1.29 is 0 Å². The van der Waals surface area contributed by atoms with Crippen LogP contribution in [-0.4, -0.2) is 23.6 Å². The van der Waals surface area contributed by atoms with Crippen LogP contribution in [0.3, 0.4) is 0 Å². The fraction of sp³-hybridized carbons (Fsp3) is 0.714. The summed E-state index contributed by atoms with van der Waals surface area (Å²) in [4.78, 5) is 8.70. The van der Waals surface area contributed by atoms with E-state index in [-0.39, 0.29) is 0 Å². The van der Waals surface area contributed by atoms with Gasteiger partial charge in [0.2, 0.25) is 0 Å². The van der Waals surface area contributed by atoms with E-state index in [1.54, 1.807) is 6.33 Å². The zero-order valence-electron chi connectivity index (χ0n) is 11.7. The average Bonchev–Trinajstić information content (AvgIpc) is 3.18. The summed E-state index contributed by atoms with van der Waals surface area (Å²) in [6, 6.07) is 0. The molecular formula is C14H24N4. The fourth-order valence-corrected chi connectivity index (χ4v) is 2.37. The van der Waals surface area contributed by atoms with Crippen molar-refractivity contribution in [1.82, 2.24) is 9.97 Å². The van der Waals surface area contributed by atoms with Crippen molar-refractivity contribution in [2.24, 2.45) is 5.41 Å². The van der Waals surface area contributed by atoms with Crippen molar-refractivity contribution in [3.8, 4) is 0 Å². The number of rotatable bonds is 7. The molecule has 18 heavy (non-hydrogen) atoms. The zero-order valence-corrected chi connectivity index (χ0v) is 11.7. The molecule has 100 valence electrons. The van der Waals surface area contributed by atoms with Gasteiger partial charge in [-0.25, -0.2) is 9.97 Å². The number of nitrogens with zero attached hydrogens (tertiary/aromatic N) is 2. The smallest absolute Gasteiger partial charge is 0.134 e. The molecule has 4 nitrogen and oxygen atoms in total. The summed E-state index contributed by atoms with van der Waals surface area (Å²) in [5.74, 6) is 1.96. The second kappa shape index (κ2) is 5.55. The summed E-state index contributed by atoms with van der Waals surface area (Å²) in [5, 5.41) is 6.69. The number of nitrogens with one attached hydrogen (secondary N) is 2. The molecule has 1 saturated carbocycles. The average molecular weight is 248 g/mol. The van der Waals surface area contributed by atoms with Crippen molar-refractivity contribution in [2.45, 2.75) is 46.0 Å². The third kappa shape index (κ3) is 2.74. The van der Waals surface area contributed by atoms with Crippen LogP contribution in [0.2, 0.25) is 0 Å². The minimum absolute atomic E-state index is 0.536. The van der Waals surface area contributed by atoms with Crippen LogP contribution in [0.15, 0.2) is 6.33 Å². The fourth-order valence-electron chi connectivity index (χ4n) is 2.37. The van der Waals surface area contributed by atoms with Crippen LogP contribution in [0.5, 0.6) is 0 Å². The normalized spacial score (nSPS) is 16.4. The predicted octanol–water partition coefficient (Wildman–Crippen LogP) is 3.07. The lowest BCUT2D eigenvalue weighted by Gasteiger charge is -2.17. The van der Waals surface area contributed by atoms with E-state index in [1.165, 1.54) is 24.8 Å². The van der Waals surface area contributed by atoms with Crippen LogP contribution in [0.1, 0.15) is 45.1 Å². The summed E-state index contributed by atoms with van der Waals surface area (Å²) >= 11 is 0. The van der Waals surface area contributed by atoms with Crippen LogP contribution >= 0.6 is 0 Å². The molecule has 2 N–H and O–H groups in total. The van der Waals surface area contributed by atoms with Gasteiger partial charge in [0.15, 0.2) is 0 Å². The Labute approximate surface area is 110 Å². The monoisotopic (exact) mass is 248 g/mol. The van der Waals surface area contributed by atoms with Gasteiger partial charge in [-0.3, -0.25) is 0 Å². The first-order valence-electron chi connectivity index (χ1n) is 7.00. The van der Waals surface area contributed by atoms with Crippen LogP contribution in [-0.2, 0) is 6.42 Å². The molecule has 0 spiro atoms. The highest BCUT2D eigenvalue weighted by molar-refractivity contribution is 5.57. The van der Waals surface area contributed by atoms with Gasteiger partial charge in [-0.05, 0) is 31.1 Å². The summed E-state index contributed by atoms with van der Waals surface area (Å²) in [6.45, 7) is 5.51. The Morgan fingerprint density at radius 1 is 1.22 bits per heavy atom. The van der Waals surface area contributed by atoms with E-state index in [2.05, 4.69) is 34.4 Å².